The van der Waals surface area contributed by atoms with Crippen LogP contribution in [0.3, 0.4) is 0 Å². The van der Waals surface area contributed by atoms with E-state index >= 15 is 0 Å². The number of aliphatic hydroxyl groups excluding tert-OH is 1. The summed E-state index contributed by atoms with van der Waals surface area (Å²) in [6.07, 6.45) is 0.505. The molecule has 0 spiro atoms. The number of hydrogen-bond acceptors (Lipinski definition) is 4. The summed E-state index contributed by atoms with van der Waals surface area (Å²) < 4.78 is 26.6. The Morgan fingerprint density at radius 2 is 2.17 bits per heavy atom. The molecule has 0 heterocycles. The van der Waals surface area contributed by atoms with Gasteiger partial charge >= 0.3 is 0 Å². The van der Waals surface area contributed by atoms with Crippen LogP contribution in [0.4, 0.5) is 0 Å². The molecule has 0 fully saturated rings. The lowest BCUT2D eigenvalue weighted by atomic mass is 10.2. The fourth-order valence-electron chi connectivity index (χ4n) is 1.55. The fourth-order valence-corrected chi connectivity index (χ4v) is 3.09. The van der Waals surface area contributed by atoms with E-state index in [1.54, 1.807) is 13.8 Å². The molecule has 0 bridgehead atoms. The molecule has 18 heavy (non-hydrogen) atoms. The van der Waals surface area contributed by atoms with Gasteiger partial charge in [0.05, 0.1) is 23.1 Å². The van der Waals surface area contributed by atoms with Crippen molar-refractivity contribution >= 4 is 10.0 Å². The van der Waals surface area contributed by atoms with Crippen molar-refractivity contribution in [3.63, 3.8) is 0 Å². The van der Waals surface area contributed by atoms with Crippen LogP contribution in [0.5, 0.6) is 0 Å². The standard InChI is InChI=1S/C12H16N2O3S/c1-3-11(8-15)14-18(16,17)12-5-4-10(7-13)6-9(12)2/h4-6,11,14-15H,3,8H2,1-2H3/t11-/m1/s1. The Bertz CT molecular complexity index is 557. The summed E-state index contributed by atoms with van der Waals surface area (Å²) in [7, 11) is -3.66. The van der Waals surface area contributed by atoms with Gasteiger partial charge in [-0.15, -0.1) is 0 Å². The SMILES string of the molecule is CC[C@H](CO)NS(=O)(=O)c1ccc(C#N)cc1C. The summed E-state index contributed by atoms with van der Waals surface area (Å²) in [6.45, 7) is 3.18. The highest BCUT2D eigenvalue weighted by molar-refractivity contribution is 7.89. The first-order chi connectivity index (χ1) is 8.44. The highest BCUT2D eigenvalue weighted by atomic mass is 32.2. The second-order valence-corrected chi connectivity index (χ2v) is 5.68. The van der Waals surface area contributed by atoms with Crippen LogP contribution in [0.25, 0.3) is 0 Å². The Morgan fingerprint density at radius 1 is 1.50 bits per heavy atom. The summed E-state index contributed by atoms with van der Waals surface area (Å²) in [4.78, 5) is 0.133. The molecule has 2 N–H and O–H groups in total. The van der Waals surface area contributed by atoms with E-state index in [4.69, 9.17) is 10.4 Å². The van der Waals surface area contributed by atoms with E-state index in [1.807, 2.05) is 6.07 Å². The first-order valence-electron chi connectivity index (χ1n) is 5.58. The van der Waals surface area contributed by atoms with Gasteiger partial charge in [0.15, 0.2) is 0 Å². The minimum Gasteiger partial charge on any atom is -0.395 e. The average molecular weight is 268 g/mol. The number of nitrogens with one attached hydrogen (secondary N) is 1. The number of benzene rings is 1. The highest BCUT2D eigenvalue weighted by Gasteiger charge is 2.20. The van der Waals surface area contributed by atoms with Crippen molar-refractivity contribution in [2.45, 2.75) is 31.2 Å². The lowest BCUT2D eigenvalue weighted by molar-refractivity contribution is 0.254. The molecule has 0 aliphatic rings. The van der Waals surface area contributed by atoms with Crippen molar-refractivity contribution in [3.8, 4) is 6.07 Å². The van der Waals surface area contributed by atoms with Crippen molar-refractivity contribution < 1.29 is 13.5 Å². The van der Waals surface area contributed by atoms with Gasteiger partial charge < -0.3 is 5.11 Å². The fraction of sp³-hybridized carbons (Fsp3) is 0.417. The van der Waals surface area contributed by atoms with Gasteiger partial charge in [-0.25, -0.2) is 13.1 Å². The van der Waals surface area contributed by atoms with Gasteiger partial charge in [0.1, 0.15) is 0 Å². The van der Waals surface area contributed by atoms with Crippen molar-refractivity contribution in [3.05, 3.63) is 29.3 Å². The van der Waals surface area contributed by atoms with Crippen molar-refractivity contribution in [2.24, 2.45) is 0 Å². The molecule has 0 unspecified atom stereocenters. The van der Waals surface area contributed by atoms with E-state index < -0.39 is 16.1 Å². The number of aliphatic hydroxyl groups is 1. The van der Waals surface area contributed by atoms with E-state index in [1.165, 1.54) is 18.2 Å². The Morgan fingerprint density at radius 3 is 2.61 bits per heavy atom. The van der Waals surface area contributed by atoms with Gasteiger partial charge in [-0.1, -0.05) is 6.92 Å². The third kappa shape index (κ3) is 3.29. The van der Waals surface area contributed by atoms with Crippen LogP contribution in [0.1, 0.15) is 24.5 Å². The smallest absolute Gasteiger partial charge is 0.241 e. The van der Waals surface area contributed by atoms with Crippen LogP contribution in [-0.2, 0) is 10.0 Å². The molecule has 0 radical (unpaired) electrons. The van der Waals surface area contributed by atoms with E-state index in [0.717, 1.165) is 0 Å². The zero-order valence-electron chi connectivity index (χ0n) is 10.3. The minimum atomic E-state index is -3.66. The monoisotopic (exact) mass is 268 g/mol. The van der Waals surface area contributed by atoms with Crippen LogP contribution >= 0.6 is 0 Å². The molecule has 1 rings (SSSR count). The lowest BCUT2D eigenvalue weighted by Crippen LogP contribution is -2.37. The lowest BCUT2D eigenvalue weighted by Gasteiger charge is -2.15. The molecule has 6 heteroatoms. The normalized spacial score (nSPS) is 13.0. The highest BCUT2D eigenvalue weighted by Crippen LogP contribution is 2.17. The van der Waals surface area contributed by atoms with Crippen molar-refractivity contribution in [1.29, 1.82) is 5.26 Å². The average Bonchev–Trinajstić information content (AvgIpc) is 2.35. The minimum absolute atomic E-state index is 0.133. The largest absolute Gasteiger partial charge is 0.395 e. The molecular formula is C12H16N2O3S. The maximum absolute atomic E-state index is 12.1. The summed E-state index contributed by atoms with van der Waals surface area (Å²) >= 11 is 0. The summed E-state index contributed by atoms with van der Waals surface area (Å²) in [5.74, 6) is 0. The van der Waals surface area contributed by atoms with Crippen LogP contribution in [0.2, 0.25) is 0 Å². The summed E-state index contributed by atoms with van der Waals surface area (Å²) in [5, 5.41) is 17.7. The van der Waals surface area contributed by atoms with Gasteiger partial charge in [-0.2, -0.15) is 5.26 Å². The molecule has 0 aliphatic heterocycles. The topological polar surface area (TPSA) is 90.2 Å². The van der Waals surface area contributed by atoms with E-state index in [0.29, 0.717) is 17.5 Å². The molecular weight excluding hydrogens is 252 g/mol. The molecule has 5 nitrogen and oxygen atoms in total. The molecule has 1 aromatic rings. The van der Waals surface area contributed by atoms with Gasteiger partial charge in [0.2, 0.25) is 10.0 Å². The van der Waals surface area contributed by atoms with Crippen LogP contribution in [0, 0.1) is 18.3 Å². The van der Waals surface area contributed by atoms with Gasteiger partial charge in [-0.05, 0) is 37.1 Å². The van der Waals surface area contributed by atoms with Crippen molar-refractivity contribution in [2.75, 3.05) is 6.61 Å². The first-order valence-corrected chi connectivity index (χ1v) is 7.06. The zero-order valence-corrected chi connectivity index (χ0v) is 11.2. The third-order valence-corrected chi connectivity index (χ3v) is 4.31. The number of hydrogen-bond donors (Lipinski definition) is 2. The zero-order chi connectivity index (χ0) is 13.8. The summed E-state index contributed by atoms with van der Waals surface area (Å²) in [5.41, 5.74) is 0.926. The number of nitriles is 1. The molecule has 1 atom stereocenters. The molecule has 0 amide bonds. The number of sulfonamides is 1. The quantitative estimate of drug-likeness (QED) is 0.830. The van der Waals surface area contributed by atoms with E-state index in [9.17, 15) is 8.42 Å². The first kappa shape index (κ1) is 14.6. The van der Waals surface area contributed by atoms with Gasteiger partial charge in [-0.3, -0.25) is 0 Å². The Kier molecular flexibility index (Phi) is 4.84. The molecule has 0 saturated heterocycles. The van der Waals surface area contributed by atoms with E-state index in [2.05, 4.69) is 4.72 Å². The molecule has 1 aromatic carbocycles. The molecule has 98 valence electrons. The maximum atomic E-state index is 12.1. The van der Waals surface area contributed by atoms with Crippen LogP contribution in [0.15, 0.2) is 23.1 Å². The maximum Gasteiger partial charge on any atom is 0.241 e. The predicted molar refractivity (Wildman–Crippen MR) is 67.4 cm³/mol. The second kappa shape index (κ2) is 5.96. The molecule has 0 saturated carbocycles. The Hall–Kier alpha value is -1.42. The van der Waals surface area contributed by atoms with Gasteiger partial charge in [0, 0.05) is 6.04 Å². The number of rotatable bonds is 5. The van der Waals surface area contributed by atoms with Crippen molar-refractivity contribution in [1.82, 2.24) is 4.72 Å². The second-order valence-electron chi connectivity index (χ2n) is 4.00. The van der Waals surface area contributed by atoms with E-state index in [-0.39, 0.29) is 11.5 Å². The van der Waals surface area contributed by atoms with Crippen LogP contribution in [-0.4, -0.2) is 26.2 Å². The van der Waals surface area contributed by atoms with Crippen LogP contribution < -0.4 is 4.72 Å². The predicted octanol–water partition coefficient (Wildman–Crippen LogP) is 0.916. The Balaban J connectivity index is 3.10. The molecule has 0 aromatic heterocycles. The summed E-state index contributed by atoms with van der Waals surface area (Å²) in [6, 6.07) is 5.84. The number of nitrogens with zero attached hydrogens (tertiary/aromatic N) is 1. The molecule has 0 aliphatic carbocycles. The van der Waals surface area contributed by atoms with Gasteiger partial charge in [0.25, 0.3) is 0 Å². The Labute approximate surface area is 107 Å². The number of aryl methyl sites for hydroxylation is 1. The third-order valence-electron chi connectivity index (χ3n) is 2.63.